The fourth-order valence-corrected chi connectivity index (χ4v) is 2.91. The monoisotopic (exact) mass is 369 g/mol. The van der Waals surface area contributed by atoms with Crippen LogP contribution < -0.4 is 10.1 Å². The van der Waals surface area contributed by atoms with E-state index < -0.39 is 0 Å². The van der Waals surface area contributed by atoms with Crippen LogP contribution in [-0.4, -0.2) is 21.8 Å². The van der Waals surface area contributed by atoms with E-state index >= 15 is 0 Å². The molecule has 1 aromatic heterocycles. The zero-order chi connectivity index (χ0) is 18.4. The predicted molar refractivity (Wildman–Crippen MR) is 102 cm³/mol. The zero-order valence-corrected chi connectivity index (χ0v) is 15.4. The Balaban J connectivity index is 1.46. The molecule has 3 aromatic rings. The van der Waals surface area contributed by atoms with Gasteiger partial charge in [-0.15, -0.1) is 11.8 Å². The third-order valence-electron chi connectivity index (χ3n) is 3.40. The second-order valence-electron chi connectivity index (χ2n) is 5.71. The lowest BCUT2D eigenvalue weighted by Gasteiger charge is -2.08. The number of amides is 1. The Kier molecular flexibility index (Phi) is 5.91. The molecular weight excluding hydrogens is 350 g/mol. The van der Waals surface area contributed by atoms with Crippen molar-refractivity contribution in [3.05, 3.63) is 65.8 Å². The van der Waals surface area contributed by atoms with Crippen molar-refractivity contribution in [3.8, 4) is 11.5 Å². The molecule has 0 fully saturated rings. The summed E-state index contributed by atoms with van der Waals surface area (Å²) >= 11 is 1.43. The Morgan fingerprint density at radius 3 is 2.65 bits per heavy atom. The van der Waals surface area contributed by atoms with Crippen LogP contribution in [0.1, 0.15) is 17.3 Å². The summed E-state index contributed by atoms with van der Waals surface area (Å²) in [7, 11) is 0. The van der Waals surface area contributed by atoms with Crippen molar-refractivity contribution in [3.63, 3.8) is 0 Å². The van der Waals surface area contributed by atoms with Gasteiger partial charge >= 0.3 is 0 Å². The fraction of sp³-hybridized carbons (Fsp3) is 0.211. The third-order valence-corrected chi connectivity index (χ3v) is 4.33. The first-order valence-corrected chi connectivity index (χ1v) is 9.25. The maximum absolute atomic E-state index is 12.0. The summed E-state index contributed by atoms with van der Waals surface area (Å²) < 4.78 is 10.7. The molecule has 0 bridgehead atoms. The van der Waals surface area contributed by atoms with Gasteiger partial charge in [0.05, 0.1) is 11.5 Å². The van der Waals surface area contributed by atoms with Crippen molar-refractivity contribution < 1.29 is 14.1 Å². The number of benzene rings is 2. The van der Waals surface area contributed by atoms with Gasteiger partial charge in [-0.2, -0.15) is 4.98 Å². The third kappa shape index (κ3) is 5.35. The van der Waals surface area contributed by atoms with E-state index in [-0.39, 0.29) is 5.91 Å². The molecule has 26 heavy (non-hydrogen) atoms. The Bertz CT molecular complexity index is 878. The molecule has 0 radical (unpaired) electrons. The number of hydrogen-bond acceptors (Lipinski definition) is 6. The van der Waals surface area contributed by atoms with E-state index in [1.807, 2.05) is 55.5 Å². The van der Waals surface area contributed by atoms with Crippen LogP contribution in [0.5, 0.6) is 11.5 Å². The summed E-state index contributed by atoms with van der Waals surface area (Å²) in [6, 6.07) is 15.1. The van der Waals surface area contributed by atoms with Crippen molar-refractivity contribution >= 4 is 23.4 Å². The SMILES string of the molecule is Cc1cccc(Oc2ccc(NC(=O)CSCc3noc(C)n3)cc2)c1. The van der Waals surface area contributed by atoms with Crippen molar-refractivity contribution in [1.82, 2.24) is 10.1 Å². The molecule has 1 amide bonds. The molecule has 7 heteroatoms. The van der Waals surface area contributed by atoms with E-state index in [9.17, 15) is 4.79 Å². The van der Waals surface area contributed by atoms with Gasteiger partial charge in [-0.25, -0.2) is 0 Å². The van der Waals surface area contributed by atoms with Gasteiger partial charge in [-0.3, -0.25) is 4.79 Å². The van der Waals surface area contributed by atoms with Gasteiger partial charge in [0, 0.05) is 12.6 Å². The van der Waals surface area contributed by atoms with Crippen LogP contribution in [0.2, 0.25) is 0 Å². The normalized spacial score (nSPS) is 10.5. The van der Waals surface area contributed by atoms with Crippen LogP contribution in [-0.2, 0) is 10.5 Å². The molecule has 2 aromatic carbocycles. The number of thioether (sulfide) groups is 1. The minimum absolute atomic E-state index is 0.0810. The molecule has 0 spiro atoms. The quantitative estimate of drug-likeness (QED) is 0.667. The van der Waals surface area contributed by atoms with Crippen LogP contribution >= 0.6 is 11.8 Å². The molecule has 134 valence electrons. The molecule has 1 heterocycles. The maximum atomic E-state index is 12.0. The van der Waals surface area contributed by atoms with Crippen LogP contribution in [0.15, 0.2) is 53.1 Å². The van der Waals surface area contributed by atoms with E-state index in [0.717, 1.165) is 22.7 Å². The lowest BCUT2D eigenvalue weighted by atomic mass is 10.2. The number of carbonyl (C=O) groups excluding carboxylic acids is 1. The van der Waals surface area contributed by atoms with Gasteiger partial charge in [-0.05, 0) is 48.9 Å². The van der Waals surface area contributed by atoms with Crippen LogP contribution in [0.4, 0.5) is 5.69 Å². The van der Waals surface area contributed by atoms with Crippen molar-refractivity contribution in [2.24, 2.45) is 0 Å². The molecule has 0 atom stereocenters. The minimum Gasteiger partial charge on any atom is -0.457 e. The number of hydrogen-bond donors (Lipinski definition) is 1. The van der Waals surface area contributed by atoms with Crippen molar-refractivity contribution in [2.75, 3.05) is 11.1 Å². The van der Waals surface area contributed by atoms with Gasteiger partial charge in [-0.1, -0.05) is 17.3 Å². The number of nitrogens with zero attached hydrogens (tertiary/aromatic N) is 2. The van der Waals surface area contributed by atoms with E-state index in [4.69, 9.17) is 9.26 Å². The van der Waals surface area contributed by atoms with Gasteiger partial charge < -0.3 is 14.6 Å². The Labute approximate surface area is 156 Å². The Morgan fingerprint density at radius 1 is 1.15 bits per heavy atom. The van der Waals surface area contributed by atoms with Crippen LogP contribution in [0.25, 0.3) is 0 Å². The van der Waals surface area contributed by atoms with Crippen LogP contribution in [0.3, 0.4) is 0 Å². The number of nitrogens with one attached hydrogen (secondary N) is 1. The molecule has 6 nitrogen and oxygen atoms in total. The molecule has 0 aliphatic rings. The van der Waals surface area contributed by atoms with Gasteiger partial charge in [0.1, 0.15) is 11.5 Å². The standard InChI is InChI=1S/C19H19N3O3S/c1-13-4-3-5-17(10-13)24-16-8-6-15(7-9-16)21-19(23)12-26-11-18-20-14(2)25-22-18/h3-10H,11-12H2,1-2H3,(H,21,23). The van der Waals surface area contributed by atoms with Crippen LogP contribution in [0, 0.1) is 13.8 Å². The van der Waals surface area contributed by atoms with Gasteiger partial charge in [0.15, 0.2) is 5.82 Å². The molecule has 1 N–H and O–H groups in total. The van der Waals surface area contributed by atoms with Crippen molar-refractivity contribution in [2.45, 2.75) is 19.6 Å². The predicted octanol–water partition coefficient (Wildman–Crippen LogP) is 4.35. The summed E-state index contributed by atoms with van der Waals surface area (Å²) in [6.07, 6.45) is 0. The van der Waals surface area contributed by atoms with E-state index in [0.29, 0.717) is 23.2 Å². The molecule has 0 aliphatic heterocycles. The second kappa shape index (κ2) is 8.53. The first kappa shape index (κ1) is 18.0. The highest BCUT2D eigenvalue weighted by Crippen LogP contribution is 2.23. The lowest BCUT2D eigenvalue weighted by Crippen LogP contribution is -2.14. The number of carbonyl (C=O) groups is 1. The number of rotatable bonds is 7. The van der Waals surface area contributed by atoms with E-state index in [2.05, 4.69) is 15.5 Å². The minimum atomic E-state index is -0.0810. The molecule has 0 unspecified atom stereocenters. The Hall–Kier alpha value is -2.80. The zero-order valence-electron chi connectivity index (χ0n) is 14.6. The summed E-state index contributed by atoms with van der Waals surface area (Å²) in [6.45, 7) is 3.75. The number of anilines is 1. The van der Waals surface area contributed by atoms with Gasteiger partial charge in [0.2, 0.25) is 11.8 Å². The highest BCUT2D eigenvalue weighted by molar-refractivity contribution is 7.99. The molecule has 0 saturated carbocycles. The van der Waals surface area contributed by atoms with Crippen molar-refractivity contribution in [1.29, 1.82) is 0 Å². The molecule has 0 aliphatic carbocycles. The molecular formula is C19H19N3O3S. The summed E-state index contributed by atoms with van der Waals surface area (Å²) in [5.74, 6) is 3.40. The van der Waals surface area contributed by atoms with E-state index in [1.165, 1.54) is 11.8 Å². The van der Waals surface area contributed by atoms with Gasteiger partial charge in [0.25, 0.3) is 0 Å². The highest BCUT2D eigenvalue weighted by Gasteiger charge is 2.07. The number of aryl methyl sites for hydroxylation is 2. The first-order chi connectivity index (χ1) is 12.6. The average molecular weight is 369 g/mol. The smallest absolute Gasteiger partial charge is 0.234 e. The van der Waals surface area contributed by atoms with E-state index in [1.54, 1.807) is 6.92 Å². The average Bonchev–Trinajstić information content (AvgIpc) is 3.02. The lowest BCUT2D eigenvalue weighted by molar-refractivity contribution is -0.113. The highest BCUT2D eigenvalue weighted by atomic mass is 32.2. The molecule has 0 saturated heterocycles. The maximum Gasteiger partial charge on any atom is 0.234 e. The fourth-order valence-electron chi connectivity index (χ4n) is 2.25. The molecule has 3 rings (SSSR count). The Morgan fingerprint density at radius 2 is 1.96 bits per heavy atom. The number of ether oxygens (including phenoxy) is 1. The summed E-state index contributed by atoms with van der Waals surface area (Å²) in [5, 5.41) is 6.65. The summed E-state index contributed by atoms with van der Waals surface area (Å²) in [5.41, 5.74) is 1.86. The largest absolute Gasteiger partial charge is 0.457 e. The summed E-state index contributed by atoms with van der Waals surface area (Å²) in [4.78, 5) is 16.1. The first-order valence-electron chi connectivity index (χ1n) is 8.10. The number of aromatic nitrogens is 2. The topological polar surface area (TPSA) is 77.2 Å². The second-order valence-corrected chi connectivity index (χ2v) is 6.70.